The fourth-order valence-corrected chi connectivity index (χ4v) is 2.71. The molecule has 5 heteroatoms. The predicted octanol–water partition coefficient (Wildman–Crippen LogP) is 3.54. The quantitative estimate of drug-likeness (QED) is 0.869. The van der Waals surface area contributed by atoms with Gasteiger partial charge in [-0.05, 0) is 43.5 Å². The van der Waals surface area contributed by atoms with Gasteiger partial charge in [-0.2, -0.15) is 0 Å². The number of ether oxygens (including phenoxy) is 1. The second kappa shape index (κ2) is 7.11. The van der Waals surface area contributed by atoms with Crippen LogP contribution in [0.1, 0.15) is 27.9 Å². The fraction of sp³-hybridized carbons (Fsp3) is 0.333. The van der Waals surface area contributed by atoms with Crippen LogP contribution < -0.4 is 0 Å². The number of aromatic nitrogens is 1. The molecule has 2 aromatic rings. The molecule has 0 saturated heterocycles. The second-order valence-corrected chi connectivity index (χ2v) is 5.91. The number of nitrogens with zero attached hydrogens (tertiary/aromatic N) is 1. The van der Waals surface area contributed by atoms with Gasteiger partial charge in [0.1, 0.15) is 0 Å². The molecule has 1 N–H and O–H groups in total. The number of aryl methyl sites for hydroxylation is 2. The van der Waals surface area contributed by atoms with Crippen LogP contribution in [0, 0.1) is 20.8 Å². The van der Waals surface area contributed by atoms with Gasteiger partial charge in [0.25, 0.3) is 0 Å². The molecule has 1 heterocycles. The lowest BCUT2D eigenvalue weighted by Crippen LogP contribution is -2.11. The lowest BCUT2D eigenvalue weighted by atomic mass is 9.98. The number of halogens is 1. The van der Waals surface area contributed by atoms with E-state index in [0.717, 1.165) is 22.4 Å². The predicted molar refractivity (Wildman–Crippen MR) is 90.5 cm³/mol. The Kier molecular flexibility index (Phi) is 5.39. The number of aliphatic hydroxyl groups is 1. The number of rotatable bonds is 4. The number of benzene rings is 1. The zero-order valence-electron chi connectivity index (χ0n) is 13.7. The Morgan fingerprint density at radius 1 is 1.26 bits per heavy atom. The third-order valence-corrected chi connectivity index (χ3v) is 4.53. The van der Waals surface area contributed by atoms with Gasteiger partial charge in [0, 0.05) is 11.1 Å². The third-order valence-electron chi connectivity index (χ3n) is 4.02. The summed E-state index contributed by atoms with van der Waals surface area (Å²) in [7, 11) is 1.32. The average Bonchev–Trinajstić information content (AvgIpc) is 2.54. The van der Waals surface area contributed by atoms with E-state index >= 15 is 0 Å². The third kappa shape index (κ3) is 3.54. The van der Waals surface area contributed by atoms with E-state index in [1.54, 1.807) is 0 Å². The molecule has 0 saturated carbocycles. The first-order valence-corrected chi connectivity index (χ1v) is 7.70. The maximum absolute atomic E-state index is 11.6. The van der Waals surface area contributed by atoms with Crippen molar-refractivity contribution in [2.45, 2.75) is 33.8 Å². The highest BCUT2D eigenvalue weighted by Gasteiger charge is 2.19. The Balaban J connectivity index is 2.60. The SMILES string of the molecule is COC(=O)Cc1c(CO)nc(-c2ccc(C)c(C)c2)c(C)c1Cl. The van der Waals surface area contributed by atoms with Crippen LogP contribution in [0.5, 0.6) is 0 Å². The molecule has 0 aliphatic heterocycles. The van der Waals surface area contributed by atoms with Gasteiger partial charge in [-0.15, -0.1) is 0 Å². The zero-order chi connectivity index (χ0) is 17.1. The first-order valence-electron chi connectivity index (χ1n) is 7.32. The van der Waals surface area contributed by atoms with E-state index in [1.807, 2.05) is 39.0 Å². The van der Waals surface area contributed by atoms with Crippen molar-refractivity contribution in [2.24, 2.45) is 0 Å². The summed E-state index contributed by atoms with van der Waals surface area (Å²) in [6.07, 6.45) is -0.00767. The molecule has 0 fully saturated rings. The summed E-state index contributed by atoms with van der Waals surface area (Å²) in [6, 6.07) is 6.05. The monoisotopic (exact) mass is 333 g/mol. The molecule has 23 heavy (non-hydrogen) atoms. The van der Waals surface area contributed by atoms with Crippen LogP contribution in [0.25, 0.3) is 11.3 Å². The Morgan fingerprint density at radius 2 is 1.96 bits per heavy atom. The lowest BCUT2D eigenvalue weighted by molar-refractivity contribution is -0.139. The van der Waals surface area contributed by atoms with Crippen molar-refractivity contribution < 1.29 is 14.6 Å². The minimum atomic E-state index is -0.415. The first-order chi connectivity index (χ1) is 10.9. The summed E-state index contributed by atoms with van der Waals surface area (Å²) < 4.78 is 4.69. The normalized spacial score (nSPS) is 10.7. The molecule has 0 unspecified atom stereocenters. The number of aliphatic hydroxyl groups excluding tert-OH is 1. The number of hydrogen-bond acceptors (Lipinski definition) is 4. The van der Waals surface area contributed by atoms with Crippen molar-refractivity contribution in [1.82, 2.24) is 4.98 Å². The summed E-state index contributed by atoms with van der Waals surface area (Å²) in [4.78, 5) is 16.1. The van der Waals surface area contributed by atoms with Gasteiger partial charge in [0.05, 0.1) is 36.5 Å². The van der Waals surface area contributed by atoms with Gasteiger partial charge in [-0.1, -0.05) is 23.7 Å². The molecular weight excluding hydrogens is 314 g/mol. The summed E-state index contributed by atoms with van der Waals surface area (Å²) >= 11 is 6.45. The van der Waals surface area contributed by atoms with E-state index in [1.165, 1.54) is 12.7 Å². The van der Waals surface area contributed by atoms with Gasteiger partial charge in [0.15, 0.2) is 0 Å². The number of hydrogen-bond donors (Lipinski definition) is 1. The Bertz CT molecular complexity index is 756. The summed E-state index contributed by atoms with van der Waals surface area (Å²) in [5, 5.41) is 10.1. The molecule has 1 aromatic carbocycles. The van der Waals surface area contributed by atoms with Crippen LogP contribution in [0.15, 0.2) is 18.2 Å². The summed E-state index contributed by atoms with van der Waals surface area (Å²) in [6.45, 7) is 5.66. The molecule has 4 nitrogen and oxygen atoms in total. The van der Waals surface area contributed by atoms with E-state index < -0.39 is 5.97 Å². The van der Waals surface area contributed by atoms with Gasteiger partial charge in [0.2, 0.25) is 0 Å². The molecule has 1 aromatic heterocycles. The molecule has 0 aliphatic rings. The largest absolute Gasteiger partial charge is 0.469 e. The van der Waals surface area contributed by atoms with E-state index in [-0.39, 0.29) is 13.0 Å². The van der Waals surface area contributed by atoms with Crippen LogP contribution in [0.3, 0.4) is 0 Å². The summed E-state index contributed by atoms with van der Waals surface area (Å²) in [5.74, 6) is -0.415. The standard InChI is InChI=1S/C18H20ClNO3/c1-10-5-6-13(7-11(10)2)18-12(3)17(19)14(8-16(22)23-4)15(9-21)20-18/h5-7,21H,8-9H2,1-4H3. The van der Waals surface area contributed by atoms with Gasteiger partial charge in [-0.25, -0.2) is 4.98 Å². The van der Waals surface area contributed by atoms with Gasteiger partial charge >= 0.3 is 5.97 Å². The molecule has 2 rings (SSSR count). The van der Waals surface area contributed by atoms with Crippen LogP contribution in [-0.4, -0.2) is 23.2 Å². The van der Waals surface area contributed by atoms with E-state index in [0.29, 0.717) is 16.3 Å². The van der Waals surface area contributed by atoms with Crippen molar-refractivity contribution in [3.8, 4) is 11.3 Å². The van der Waals surface area contributed by atoms with Crippen LogP contribution in [-0.2, 0) is 22.6 Å². The highest BCUT2D eigenvalue weighted by Crippen LogP contribution is 2.32. The highest BCUT2D eigenvalue weighted by molar-refractivity contribution is 6.32. The fourth-order valence-electron chi connectivity index (χ4n) is 2.44. The number of pyridine rings is 1. The molecule has 0 atom stereocenters. The van der Waals surface area contributed by atoms with Crippen molar-refractivity contribution in [3.05, 3.63) is 51.2 Å². The number of esters is 1. The first kappa shape index (κ1) is 17.4. The molecule has 0 radical (unpaired) electrons. The van der Waals surface area contributed by atoms with Crippen molar-refractivity contribution >= 4 is 17.6 Å². The van der Waals surface area contributed by atoms with Crippen LogP contribution in [0.2, 0.25) is 5.02 Å². The van der Waals surface area contributed by atoms with Crippen LogP contribution in [0.4, 0.5) is 0 Å². The number of carbonyl (C=O) groups excluding carboxylic acids is 1. The molecule has 0 spiro atoms. The van der Waals surface area contributed by atoms with E-state index in [9.17, 15) is 9.90 Å². The second-order valence-electron chi connectivity index (χ2n) is 5.53. The molecule has 122 valence electrons. The van der Waals surface area contributed by atoms with Crippen molar-refractivity contribution in [1.29, 1.82) is 0 Å². The van der Waals surface area contributed by atoms with Crippen molar-refractivity contribution in [2.75, 3.05) is 7.11 Å². The van der Waals surface area contributed by atoms with Crippen molar-refractivity contribution in [3.63, 3.8) is 0 Å². The molecule has 0 amide bonds. The zero-order valence-corrected chi connectivity index (χ0v) is 14.5. The smallest absolute Gasteiger partial charge is 0.310 e. The Hall–Kier alpha value is -1.91. The minimum Gasteiger partial charge on any atom is -0.469 e. The topological polar surface area (TPSA) is 59.4 Å². The van der Waals surface area contributed by atoms with E-state index in [2.05, 4.69) is 9.72 Å². The number of carbonyl (C=O) groups is 1. The Morgan fingerprint density at radius 3 is 2.52 bits per heavy atom. The van der Waals surface area contributed by atoms with Gasteiger partial charge < -0.3 is 9.84 Å². The average molecular weight is 334 g/mol. The summed E-state index contributed by atoms with van der Waals surface area (Å²) in [5.41, 5.74) is 5.71. The maximum atomic E-state index is 11.6. The molecular formula is C18H20ClNO3. The Labute approximate surface area is 141 Å². The van der Waals surface area contributed by atoms with Gasteiger partial charge in [-0.3, -0.25) is 4.79 Å². The van der Waals surface area contributed by atoms with Crippen LogP contribution >= 0.6 is 11.6 Å². The maximum Gasteiger partial charge on any atom is 0.310 e. The lowest BCUT2D eigenvalue weighted by Gasteiger charge is -2.15. The molecule has 0 aliphatic carbocycles. The number of methoxy groups -OCH3 is 1. The highest BCUT2D eigenvalue weighted by atomic mass is 35.5. The molecule has 0 bridgehead atoms. The van der Waals surface area contributed by atoms with E-state index in [4.69, 9.17) is 11.6 Å². The minimum absolute atomic E-state index is 0.00767.